The van der Waals surface area contributed by atoms with Crippen LogP contribution in [0.15, 0.2) is 48.5 Å². The van der Waals surface area contributed by atoms with Crippen molar-refractivity contribution in [3.05, 3.63) is 70.8 Å². The molecule has 176 valence electrons. The number of piperidine rings is 1. The highest BCUT2D eigenvalue weighted by atomic mass is 16.2. The molecule has 0 aromatic heterocycles. The Morgan fingerprint density at radius 2 is 1.12 bits per heavy atom. The van der Waals surface area contributed by atoms with Crippen LogP contribution in [0.2, 0.25) is 0 Å². The van der Waals surface area contributed by atoms with Gasteiger partial charge in [-0.15, -0.1) is 12.8 Å². The number of likely N-dealkylation sites (tertiary alicyclic amines) is 1. The fourth-order valence-corrected chi connectivity index (χ4v) is 3.80. The van der Waals surface area contributed by atoms with Crippen LogP contribution in [0, 0.1) is 24.7 Å². The molecular weight excluding hydrogens is 406 g/mol. The van der Waals surface area contributed by atoms with Crippen molar-refractivity contribution < 1.29 is 9.90 Å². The van der Waals surface area contributed by atoms with E-state index >= 15 is 0 Å². The summed E-state index contributed by atoms with van der Waals surface area (Å²) in [6.45, 7) is 3.57. The van der Waals surface area contributed by atoms with Crippen molar-refractivity contribution in [2.45, 2.75) is 64.3 Å². The zero-order valence-corrected chi connectivity index (χ0v) is 20.1. The second-order valence-electron chi connectivity index (χ2n) is 8.18. The number of aliphatic hydroxyl groups is 1. The monoisotopic (exact) mass is 445 g/mol. The Labute approximate surface area is 201 Å². The van der Waals surface area contributed by atoms with Gasteiger partial charge in [0.1, 0.15) is 6.29 Å². The maximum absolute atomic E-state index is 10.2. The second-order valence-corrected chi connectivity index (χ2v) is 8.18. The Hall–Kier alpha value is -2.85. The first-order valence-corrected chi connectivity index (χ1v) is 12.0. The lowest BCUT2D eigenvalue weighted by Crippen LogP contribution is -2.29. The Morgan fingerprint density at radius 3 is 1.52 bits per heavy atom. The number of carbonyl (C=O) groups is 1. The van der Waals surface area contributed by atoms with Crippen LogP contribution in [0.1, 0.15) is 84.8 Å². The lowest BCUT2D eigenvalue weighted by molar-refractivity contribution is 0.112. The zero-order valence-electron chi connectivity index (χ0n) is 20.1. The van der Waals surface area contributed by atoms with Crippen LogP contribution in [-0.4, -0.2) is 36.5 Å². The van der Waals surface area contributed by atoms with Gasteiger partial charge in [0.15, 0.2) is 0 Å². The fourth-order valence-electron chi connectivity index (χ4n) is 3.80. The summed E-state index contributed by atoms with van der Waals surface area (Å²) < 4.78 is 0. The van der Waals surface area contributed by atoms with Crippen molar-refractivity contribution in [1.82, 2.24) is 4.90 Å². The summed E-state index contributed by atoms with van der Waals surface area (Å²) in [5, 5.41) is 7.00. The molecule has 2 aromatic carbocycles. The van der Waals surface area contributed by atoms with Crippen molar-refractivity contribution >= 4 is 6.29 Å². The van der Waals surface area contributed by atoms with Crippen molar-refractivity contribution in [1.29, 1.82) is 0 Å². The normalized spacial score (nSPS) is 14.9. The Morgan fingerprint density at radius 1 is 0.727 bits per heavy atom. The Balaban J connectivity index is 0.000000260. The minimum Gasteiger partial charge on any atom is -0.400 e. The fraction of sp³-hybridized carbons (Fsp3) is 0.433. The van der Waals surface area contributed by atoms with E-state index < -0.39 is 0 Å². The summed E-state index contributed by atoms with van der Waals surface area (Å²) in [6, 6.07) is 15.2. The highest BCUT2D eigenvalue weighted by Crippen LogP contribution is 2.15. The van der Waals surface area contributed by atoms with Gasteiger partial charge in [0.2, 0.25) is 0 Å². The first kappa shape index (κ1) is 28.2. The van der Waals surface area contributed by atoms with Crippen LogP contribution in [0.4, 0.5) is 0 Å². The zero-order chi connectivity index (χ0) is 24.2. The van der Waals surface area contributed by atoms with E-state index in [9.17, 15) is 4.79 Å². The molecule has 1 aliphatic heterocycles. The van der Waals surface area contributed by atoms with Gasteiger partial charge >= 0.3 is 0 Å². The molecule has 2 aromatic rings. The van der Waals surface area contributed by atoms with Crippen molar-refractivity contribution in [2.24, 2.45) is 0 Å². The van der Waals surface area contributed by atoms with Gasteiger partial charge in [-0.05, 0) is 55.8 Å². The molecule has 0 bridgehead atoms. The van der Waals surface area contributed by atoms with Crippen LogP contribution in [0.5, 0.6) is 0 Å². The molecule has 1 heterocycles. The van der Waals surface area contributed by atoms with Gasteiger partial charge in [0.05, 0.1) is 0 Å². The molecule has 1 saturated carbocycles. The average molecular weight is 446 g/mol. The van der Waals surface area contributed by atoms with E-state index in [1.54, 1.807) is 24.3 Å². The highest BCUT2D eigenvalue weighted by molar-refractivity contribution is 5.74. The van der Waals surface area contributed by atoms with Gasteiger partial charge in [0, 0.05) is 30.3 Å². The molecule has 3 heteroatoms. The largest absolute Gasteiger partial charge is 0.400 e. The summed E-state index contributed by atoms with van der Waals surface area (Å²) >= 11 is 0. The molecular formula is C30H39NO2. The number of nitrogens with zero attached hydrogens (tertiary/aromatic N) is 1. The van der Waals surface area contributed by atoms with E-state index in [1.807, 2.05) is 12.1 Å². The third kappa shape index (κ3) is 12.7. The molecule has 2 fully saturated rings. The van der Waals surface area contributed by atoms with E-state index in [0.29, 0.717) is 5.56 Å². The van der Waals surface area contributed by atoms with Crippen molar-refractivity contribution in [3.8, 4) is 24.7 Å². The van der Waals surface area contributed by atoms with Gasteiger partial charge in [-0.2, -0.15) is 0 Å². The first-order chi connectivity index (χ1) is 16.2. The number of benzene rings is 2. The summed E-state index contributed by atoms with van der Waals surface area (Å²) in [6.07, 6.45) is 24.3. The van der Waals surface area contributed by atoms with Crippen LogP contribution < -0.4 is 0 Å². The summed E-state index contributed by atoms with van der Waals surface area (Å²) in [5.74, 6) is 5.11. The van der Waals surface area contributed by atoms with Crippen LogP contribution >= 0.6 is 0 Å². The number of rotatable bonds is 3. The second kappa shape index (κ2) is 18.7. The van der Waals surface area contributed by atoms with Crippen LogP contribution in [0.3, 0.4) is 0 Å². The molecule has 1 N–H and O–H groups in total. The number of carbonyl (C=O) groups excluding carboxylic acids is 1. The van der Waals surface area contributed by atoms with E-state index in [0.717, 1.165) is 31.1 Å². The van der Waals surface area contributed by atoms with Crippen molar-refractivity contribution in [3.63, 3.8) is 0 Å². The molecule has 4 rings (SSSR count). The molecule has 0 spiro atoms. The topological polar surface area (TPSA) is 40.5 Å². The quantitative estimate of drug-likeness (QED) is 0.459. The molecule has 0 radical (unpaired) electrons. The van der Waals surface area contributed by atoms with Gasteiger partial charge in [-0.3, -0.25) is 9.69 Å². The van der Waals surface area contributed by atoms with E-state index in [-0.39, 0.29) is 0 Å². The van der Waals surface area contributed by atoms with Crippen LogP contribution in [-0.2, 0) is 6.54 Å². The van der Waals surface area contributed by atoms with Gasteiger partial charge in [-0.25, -0.2) is 0 Å². The molecule has 2 aliphatic rings. The summed E-state index contributed by atoms with van der Waals surface area (Å²) in [5.41, 5.74) is 3.79. The van der Waals surface area contributed by atoms with E-state index in [2.05, 4.69) is 28.9 Å². The molecule has 33 heavy (non-hydrogen) atoms. The Kier molecular flexibility index (Phi) is 16.0. The molecule has 0 atom stereocenters. The highest BCUT2D eigenvalue weighted by Gasteiger charge is 2.09. The molecule has 1 aliphatic carbocycles. The number of hydrogen-bond acceptors (Lipinski definition) is 3. The third-order valence-electron chi connectivity index (χ3n) is 5.69. The smallest absolute Gasteiger partial charge is 0.150 e. The van der Waals surface area contributed by atoms with E-state index in [1.165, 1.54) is 76.4 Å². The third-order valence-corrected chi connectivity index (χ3v) is 5.69. The van der Waals surface area contributed by atoms with Gasteiger partial charge in [0.25, 0.3) is 0 Å². The summed E-state index contributed by atoms with van der Waals surface area (Å²) in [7, 11) is 1.00. The number of aldehydes is 1. The molecule has 3 nitrogen and oxygen atoms in total. The SMILES string of the molecule is C#Cc1ccc(C=O)cc1.C#Cc1ccc(CN2CCCCC2)cc1.C1CCCCC1.CO. The van der Waals surface area contributed by atoms with Gasteiger partial charge < -0.3 is 5.11 Å². The maximum atomic E-state index is 10.2. The molecule has 1 saturated heterocycles. The van der Waals surface area contributed by atoms with Crippen molar-refractivity contribution in [2.75, 3.05) is 20.2 Å². The molecule has 0 unspecified atom stereocenters. The number of aliphatic hydroxyl groups excluding tert-OH is 1. The lowest BCUT2D eigenvalue weighted by atomic mass is 10.0. The van der Waals surface area contributed by atoms with Crippen LogP contribution in [0.25, 0.3) is 0 Å². The lowest BCUT2D eigenvalue weighted by Gasteiger charge is -2.26. The average Bonchev–Trinajstić information content (AvgIpc) is 2.92. The molecule has 0 amide bonds. The summed E-state index contributed by atoms with van der Waals surface area (Å²) in [4.78, 5) is 12.7. The number of hydrogen-bond donors (Lipinski definition) is 1. The predicted octanol–water partition coefficient (Wildman–Crippen LogP) is 6.08. The van der Waals surface area contributed by atoms with Gasteiger partial charge in [-0.1, -0.05) is 81.1 Å². The van der Waals surface area contributed by atoms with E-state index in [4.69, 9.17) is 18.0 Å². The Bertz CT molecular complexity index is 819. The minimum absolute atomic E-state index is 0.652. The minimum atomic E-state index is 0.652. The first-order valence-electron chi connectivity index (χ1n) is 12.0. The maximum Gasteiger partial charge on any atom is 0.150 e. The predicted molar refractivity (Wildman–Crippen MR) is 139 cm³/mol. The standard InChI is InChI=1S/C14H17N.C9H6O.C6H12.CH4O/c1-2-13-6-8-14(9-7-13)12-15-10-4-3-5-11-15;1-2-8-3-5-9(7-10)6-4-8;1-2-4-6-5-3-1;1-2/h1,6-9H,3-5,10-12H2;1,3-7H;1-6H2;2H,1H3. The number of terminal acetylenes is 2.